The minimum absolute atomic E-state index is 0.106. The molecule has 0 aromatic carbocycles. The summed E-state index contributed by atoms with van der Waals surface area (Å²) >= 11 is 0. The first-order valence-corrected chi connectivity index (χ1v) is 10.9. The molecule has 154 valence electrons. The maximum atomic E-state index is 12.8. The number of anilines is 1. The molecule has 2 atom stereocenters. The van der Waals surface area contributed by atoms with E-state index in [2.05, 4.69) is 22.2 Å². The molecule has 1 aromatic rings. The standard InChI is InChI=1S/C21H33N5O2/c1-2-16-4-3-5-17(12-16)13-22-20-18-6-7-26(14-19(18)23-15-24-20)21(27)25-8-10-28-11-9-25/h15-17H,2-14H2,1H3,(H,22,23,24). The summed E-state index contributed by atoms with van der Waals surface area (Å²) in [7, 11) is 0. The Morgan fingerprint density at radius 1 is 1.18 bits per heavy atom. The Morgan fingerprint density at radius 3 is 2.82 bits per heavy atom. The topological polar surface area (TPSA) is 70.6 Å². The third kappa shape index (κ3) is 4.40. The largest absolute Gasteiger partial charge is 0.378 e. The molecule has 0 spiro atoms. The van der Waals surface area contributed by atoms with Gasteiger partial charge in [0.15, 0.2) is 0 Å². The average molecular weight is 388 g/mol. The maximum Gasteiger partial charge on any atom is 0.320 e. The number of rotatable bonds is 4. The summed E-state index contributed by atoms with van der Waals surface area (Å²) in [5.74, 6) is 2.61. The van der Waals surface area contributed by atoms with Crippen LogP contribution in [0.5, 0.6) is 0 Å². The molecule has 0 radical (unpaired) electrons. The van der Waals surface area contributed by atoms with Crippen LogP contribution in [0.2, 0.25) is 0 Å². The number of carbonyl (C=O) groups is 1. The Bertz CT molecular complexity index is 677. The number of carbonyl (C=O) groups excluding carboxylic acids is 1. The normalized spacial score (nSPS) is 25.3. The molecule has 1 N–H and O–H groups in total. The SMILES string of the molecule is CCC1CCCC(CNc2ncnc3c2CCN(C(=O)N2CCOCC2)C3)C1. The number of urea groups is 1. The van der Waals surface area contributed by atoms with E-state index in [1.807, 2.05) is 9.80 Å². The summed E-state index contributed by atoms with van der Waals surface area (Å²) in [6, 6.07) is 0.106. The van der Waals surface area contributed by atoms with Crippen molar-refractivity contribution in [1.82, 2.24) is 19.8 Å². The second-order valence-electron chi connectivity index (χ2n) is 8.39. The minimum atomic E-state index is 0.106. The first-order chi connectivity index (χ1) is 13.7. The lowest BCUT2D eigenvalue weighted by Gasteiger charge is -2.35. The van der Waals surface area contributed by atoms with Crippen LogP contribution >= 0.6 is 0 Å². The van der Waals surface area contributed by atoms with Crippen LogP contribution in [0, 0.1) is 11.8 Å². The fraction of sp³-hybridized carbons (Fsp3) is 0.762. The second kappa shape index (κ2) is 9.07. The van der Waals surface area contributed by atoms with Crippen LogP contribution in [-0.2, 0) is 17.7 Å². The average Bonchev–Trinajstić information content (AvgIpc) is 2.77. The van der Waals surface area contributed by atoms with Crippen molar-refractivity contribution >= 4 is 11.8 Å². The van der Waals surface area contributed by atoms with Crippen molar-refractivity contribution in [1.29, 1.82) is 0 Å². The van der Waals surface area contributed by atoms with Gasteiger partial charge in [-0.2, -0.15) is 0 Å². The van der Waals surface area contributed by atoms with Gasteiger partial charge in [-0.3, -0.25) is 0 Å². The van der Waals surface area contributed by atoms with Gasteiger partial charge in [0, 0.05) is 31.7 Å². The third-order valence-electron chi connectivity index (χ3n) is 6.59. The Balaban J connectivity index is 1.37. The quantitative estimate of drug-likeness (QED) is 0.860. The van der Waals surface area contributed by atoms with E-state index in [4.69, 9.17) is 4.74 Å². The van der Waals surface area contributed by atoms with Crippen LogP contribution in [-0.4, -0.2) is 65.2 Å². The predicted octanol–water partition coefficient (Wildman–Crippen LogP) is 2.92. The van der Waals surface area contributed by atoms with E-state index in [0.717, 1.165) is 42.9 Å². The van der Waals surface area contributed by atoms with Crippen molar-refractivity contribution in [3.8, 4) is 0 Å². The number of amides is 2. The summed E-state index contributed by atoms with van der Waals surface area (Å²) in [6.07, 6.45) is 9.15. The fourth-order valence-electron chi connectivity index (χ4n) is 4.82. The van der Waals surface area contributed by atoms with Crippen molar-refractivity contribution in [2.45, 2.75) is 52.0 Å². The lowest BCUT2D eigenvalue weighted by molar-refractivity contribution is 0.0420. The molecule has 3 aliphatic rings. The highest BCUT2D eigenvalue weighted by atomic mass is 16.5. The number of aromatic nitrogens is 2. The molecule has 3 heterocycles. The van der Waals surface area contributed by atoms with Crippen molar-refractivity contribution in [3.63, 3.8) is 0 Å². The van der Waals surface area contributed by atoms with Crippen LogP contribution in [0.1, 0.15) is 50.3 Å². The highest BCUT2D eigenvalue weighted by molar-refractivity contribution is 5.75. The zero-order valence-electron chi connectivity index (χ0n) is 17.0. The lowest BCUT2D eigenvalue weighted by Crippen LogP contribution is -2.49. The number of hydrogen-bond acceptors (Lipinski definition) is 5. The number of nitrogens with one attached hydrogen (secondary N) is 1. The smallest absolute Gasteiger partial charge is 0.320 e. The number of hydrogen-bond donors (Lipinski definition) is 1. The Hall–Kier alpha value is -1.89. The van der Waals surface area contributed by atoms with Gasteiger partial charge in [-0.05, 0) is 31.1 Å². The van der Waals surface area contributed by atoms with Gasteiger partial charge < -0.3 is 19.9 Å². The van der Waals surface area contributed by atoms with E-state index < -0.39 is 0 Å². The summed E-state index contributed by atoms with van der Waals surface area (Å²) in [5, 5.41) is 3.61. The number of ether oxygens (including phenoxy) is 1. The van der Waals surface area contributed by atoms with Gasteiger partial charge in [-0.25, -0.2) is 14.8 Å². The van der Waals surface area contributed by atoms with E-state index >= 15 is 0 Å². The highest BCUT2D eigenvalue weighted by Crippen LogP contribution is 2.31. The van der Waals surface area contributed by atoms with E-state index in [1.165, 1.54) is 37.7 Å². The third-order valence-corrected chi connectivity index (χ3v) is 6.59. The summed E-state index contributed by atoms with van der Waals surface area (Å²) in [4.78, 5) is 25.6. The number of fused-ring (bicyclic) bond motifs is 1. The van der Waals surface area contributed by atoms with Crippen molar-refractivity contribution in [3.05, 3.63) is 17.6 Å². The molecule has 4 rings (SSSR count). The molecular formula is C21H33N5O2. The maximum absolute atomic E-state index is 12.8. The number of nitrogens with zero attached hydrogens (tertiary/aromatic N) is 4. The summed E-state index contributed by atoms with van der Waals surface area (Å²) in [6.45, 7) is 7.23. The first kappa shape index (κ1) is 19.4. The molecule has 2 unspecified atom stereocenters. The van der Waals surface area contributed by atoms with E-state index in [0.29, 0.717) is 32.8 Å². The van der Waals surface area contributed by atoms with Gasteiger partial charge in [-0.15, -0.1) is 0 Å². The lowest BCUT2D eigenvalue weighted by atomic mass is 9.80. The zero-order chi connectivity index (χ0) is 19.3. The molecule has 28 heavy (non-hydrogen) atoms. The molecule has 2 fully saturated rings. The molecule has 0 bridgehead atoms. The minimum Gasteiger partial charge on any atom is -0.378 e. The van der Waals surface area contributed by atoms with Gasteiger partial charge in [0.1, 0.15) is 12.1 Å². The first-order valence-electron chi connectivity index (χ1n) is 10.9. The fourth-order valence-corrected chi connectivity index (χ4v) is 4.82. The van der Waals surface area contributed by atoms with Crippen LogP contribution < -0.4 is 5.32 Å². The van der Waals surface area contributed by atoms with Gasteiger partial charge in [0.2, 0.25) is 0 Å². The summed E-state index contributed by atoms with van der Waals surface area (Å²) < 4.78 is 5.36. The van der Waals surface area contributed by atoms with Gasteiger partial charge >= 0.3 is 6.03 Å². The molecule has 7 heteroatoms. The Morgan fingerprint density at radius 2 is 2.00 bits per heavy atom. The van der Waals surface area contributed by atoms with E-state index in [9.17, 15) is 4.79 Å². The molecule has 2 amide bonds. The molecule has 1 aromatic heterocycles. The second-order valence-corrected chi connectivity index (χ2v) is 8.39. The predicted molar refractivity (Wildman–Crippen MR) is 108 cm³/mol. The van der Waals surface area contributed by atoms with Gasteiger partial charge in [0.05, 0.1) is 25.5 Å². The monoisotopic (exact) mass is 387 g/mol. The van der Waals surface area contributed by atoms with Crippen LogP contribution in [0.25, 0.3) is 0 Å². The molecule has 2 aliphatic heterocycles. The van der Waals surface area contributed by atoms with Crippen LogP contribution in [0.15, 0.2) is 6.33 Å². The van der Waals surface area contributed by atoms with Crippen LogP contribution in [0.3, 0.4) is 0 Å². The van der Waals surface area contributed by atoms with Crippen molar-refractivity contribution < 1.29 is 9.53 Å². The highest BCUT2D eigenvalue weighted by Gasteiger charge is 2.28. The Kier molecular flexibility index (Phi) is 6.29. The van der Waals surface area contributed by atoms with Crippen LogP contribution in [0.4, 0.5) is 10.6 Å². The van der Waals surface area contributed by atoms with Crippen molar-refractivity contribution in [2.24, 2.45) is 11.8 Å². The van der Waals surface area contributed by atoms with Crippen molar-refractivity contribution in [2.75, 3.05) is 44.7 Å². The van der Waals surface area contributed by atoms with Gasteiger partial charge in [0.25, 0.3) is 0 Å². The van der Waals surface area contributed by atoms with Gasteiger partial charge in [-0.1, -0.05) is 26.2 Å². The molecule has 1 saturated carbocycles. The summed E-state index contributed by atoms with van der Waals surface area (Å²) in [5.41, 5.74) is 2.18. The Labute approximate surface area is 167 Å². The molecular weight excluding hydrogens is 354 g/mol. The molecule has 7 nitrogen and oxygen atoms in total. The number of morpholine rings is 1. The molecule has 1 aliphatic carbocycles. The molecule has 1 saturated heterocycles. The zero-order valence-corrected chi connectivity index (χ0v) is 17.0. The van der Waals surface area contributed by atoms with E-state index in [1.54, 1.807) is 6.33 Å². The van der Waals surface area contributed by atoms with E-state index in [-0.39, 0.29) is 6.03 Å².